The van der Waals surface area contributed by atoms with Crippen LogP contribution in [0.15, 0.2) is 60.7 Å². The Morgan fingerprint density at radius 1 is 1.06 bits per heavy atom. The van der Waals surface area contributed by atoms with Gasteiger partial charge in [0, 0.05) is 17.5 Å². The Labute approximate surface area is 199 Å². The fraction of sp³-hybridized carbons (Fsp3) is 0.208. The number of carbonyl (C=O) groups excluding carboxylic acids is 2. The normalized spacial score (nSPS) is 12.9. The van der Waals surface area contributed by atoms with Crippen molar-refractivity contribution >= 4 is 40.4 Å². The minimum Gasteiger partial charge on any atom is -0.323 e. The number of halogens is 4. The van der Waals surface area contributed by atoms with E-state index in [0.717, 1.165) is 11.4 Å². The van der Waals surface area contributed by atoms with Crippen molar-refractivity contribution in [2.45, 2.75) is 33.0 Å². The Morgan fingerprint density at radius 2 is 1.74 bits per heavy atom. The summed E-state index contributed by atoms with van der Waals surface area (Å²) >= 11 is 6.23. The average Bonchev–Trinajstić information content (AvgIpc) is 3.11. The summed E-state index contributed by atoms with van der Waals surface area (Å²) < 4.78 is 41.9. The maximum atomic E-state index is 13.4. The molecule has 3 rings (SSSR count). The van der Waals surface area contributed by atoms with Crippen LogP contribution in [0.1, 0.15) is 29.9 Å². The summed E-state index contributed by atoms with van der Waals surface area (Å²) in [6.45, 7) is 5.35. The van der Waals surface area contributed by atoms with Crippen LogP contribution in [0.5, 0.6) is 0 Å². The number of anilines is 2. The van der Waals surface area contributed by atoms with Crippen LogP contribution >= 0.6 is 11.6 Å². The van der Waals surface area contributed by atoms with Crippen molar-refractivity contribution in [3.63, 3.8) is 0 Å². The van der Waals surface area contributed by atoms with Gasteiger partial charge in [-0.3, -0.25) is 14.3 Å². The van der Waals surface area contributed by atoms with E-state index in [2.05, 4.69) is 15.7 Å². The Bertz CT molecular complexity index is 1240. The molecule has 0 aliphatic rings. The topological polar surface area (TPSA) is 76.0 Å². The molecule has 0 saturated carbocycles. The predicted octanol–water partition coefficient (Wildman–Crippen LogP) is 5.94. The lowest BCUT2D eigenvalue weighted by molar-refractivity contribution is -0.119. The first-order chi connectivity index (χ1) is 16.0. The first-order valence-electron chi connectivity index (χ1n) is 10.2. The molecule has 2 N–H and O–H groups in total. The minimum absolute atomic E-state index is 0.106. The van der Waals surface area contributed by atoms with Crippen molar-refractivity contribution in [2.24, 2.45) is 0 Å². The van der Waals surface area contributed by atoms with Gasteiger partial charge in [0.05, 0.1) is 22.0 Å². The summed E-state index contributed by atoms with van der Waals surface area (Å²) in [5.74, 6) is -1.33. The lowest BCUT2D eigenvalue weighted by Crippen LogP contribution is -2.25. The van der Waals surface area contributed by atoms with Gasteiger partial charge in [0.25, 0.3) is 0 Å². The number of allylic oxidation sites excluding steroid dienone is 1. The summed E-state index contributed by atoms with van der Waals surface area (Å²) in [5.41, 5.74) is 0.868. The molecule has 0 spiro atoms. The SMILES string of the molecule is Cc1cc(C)n(C(C)C(=O)Nc2ccc(NC(=O)/C=C(/c3ccccc3)C(F)(F)F)cc2Cl)n1. The summed E-state index contributed by atoms with van der Waals surface area (Å²) in [4.78, 5) is 24.9. The molecule has 10 heteroatoms. The van der Waals surface area contributed by atoms with Gasteiger partial charge in [0.15, 0.2) is 0 Å². The largest absolute Gasteiger partial charge is 0.417 e. The highest BCUT2D eigenvalue weighted by Crippen LogP contribution is 2.34. The van der Waals surface area contributed by atoms with Crippen LogP contribution in [-0.2, 0) is 9.59 Å². The van der Waals surface area contributed by atoms with Crippen LogP contribution in [-0.4, -0.2) is 27.8 Å². The molecule has 0 aliphatic carbocycles. The lowest BCUT2D eigenvalue weighted by Gasteiger charge is -2.16. The van der Waals surface area contributed by atoms with Crippen molar-refractivity contribution in [3.05, 3.63) is 82.6 Å². The van der Waals surface area contributed by atoms with Crippen molar-refractivity contribution in [2.75, 3.05) is 10.6 Å². The first kappa shape index (κ1) is 25.0. The van der Waals surface area contributed by atoms with Gasteiger partial charge in [-0.1, -0.05) is 41.9 Å². The fourth-order valence-corrected chi connectivity index (χ4v) is 3.56. The molecule has 6 nitrogen and oxygen atoms in total. The Kier molecular flexibility index (Phi) is 7.46. The zero-order chi connectivity index (χ0) is 25.0. The zero-order valence-corrected chi connectivity index (χ0v) is 19.3. The number of nitrogens with zero attached hydrogens (tertiary/aromatic N) is 2. The number of amides is 2. The second-order valence-corrected chi connectivity index (χ2v) is 8.05. The van der Waals surface area contributed by atoms with Gasteiger partial charge in [-0.2, -0.15) is 18.3 Å². The Balaban J connectivity index is 1.73. The molecule has 1 aromatic heterocycles. The van der Waals surface area contributed by atoms with Crippen LogP contribution in [0.3, 0.4) is 0 Å². The summed E-state index contributed by atoms with van der Waals surface area (Å²) in [6, 6.07) is 12.5. The van der Waals surface area contributed by atoms with Gasteiger partial charge >= 0.3 is 6.18 Å². The Hall–Kier alpha value is -3.59. The highest BCUT2D eigenvalue weighted by Gasteiger charge is 2.35. The number of benzene rings is 2. The molecule has 178 valence electrons. The van der Waals surface area contributed by atoms with E-state index in [1.165, 1.54) is 42.5 Å². The number of hydrogen-bond donors (Lipinski definition) is 2. The van der Waals surface area contributed by atoms with Crippen molar-refractivity contribution in [1.29, 1.82) is 0 Å². The molecular formula is C24H22ClF3N4O2. The number of alkyl halides is 3. The highest BCUT2D eigenvalue weighted by molar-refractivity contribution is 6.34. The van der Waals surface area contributed by atoms with Crippen LogP contribution in [0.25, 0.3) is 5.57 Å². The molecule has 0 aliphatic heterocycles. The molecule has 1 heterocycles. The third kappa shape index (κ3) is 6.05. The molecule has 34 heavy (non-hydrogen) atoms. The number of aryl methyl sites for hydroxylation is 2. The number of carbonyl (C=O) groups is 2. The van der Waals surface area contributed by atoms with Gasteiger partial charge in [-0.05, 0) is 50.6 Å². The average molecular weight is 491 g/mol. The third-order valence-electron chi connectivity index (χ3n) is 4.95. The second-order valence-electron chi connectivity index (χ2n) is 7.64. The maximum absolute atomic E-state index is 13.4. The van der Waals surface area contributed by atoms with E-state index in [-0.39, 0.29) is 27.9 Å². The van der Waals surface area contributed by atoms with Gasteiger partial charge in [-0.15, -0.1) is 0 Å². The zero-order valence-electron chi connectivity index (χ0n) is 18.6. The third-order valence-corrected chi connectivity index (χ3v) is 5.26. The smallest absolute Gasteiger partial charge is 0.323 e. The molecule has 0 saturated heterocycles. The molecular weight excluding hydrogens is 469 g/mol. The summed E-state index contributed by atoms with van der Waals surface area (Å²) in [5, 5.41) is 9.46. The van der Waals surface area contributed by atoms with Gasteiger partial charge < -0.3 is 10.6 Å². The molecule has 0 radical (unpaired) electrons. The van der Waals surface area contributed by atoms with E-state index >= 15 is 0 Å². The van der Waals surface area contributed by atoms with Gasteiger partial charge in [0.2, 0.25) is 11.8 Å². The lowest BCUT2D eigenvalue weighted by atomic mass is 10.1. The van der Waals surface area contributed by atoms with Crippen molar-refractivity contribution in [3.8, 4) is 0 Å². The van der Waals surface area contributed by atoms with Gasteiger partial charge in [0.1, 0.15) is 6.04 Å². The van der Waals surface area contributed by atoms with E-state index in [4.69, 9.17) is 11.6 Å². The van der Waals surface area contributed by atoms with Crippen LogP contribution in [0, 0.1) is 13.8 Å². The second kappa shape index (κ2) is 10.1. The Morgan fingerprint density at radius 3 is 2.29 bits per heavy atom. The molecule has 3 aromatic rings. The van der Waals surface area contributed by atoms with E-state index in [1.54, 1.807) is 17.7 Å². The highest BCUT2D eigenvalue weighted by atomic mass is 35.5. The molecule has 1 atom stereocenters. The number of aromatic nitrogens is 2. The fourth-order valence-electron chi connectivity index (χ4n) is 3.34. The molecule has 0 bridgehead atoms. The van der Waals surface area contributed by atoms with Crippen molar-refractivity contribution < 1.29 is 22.8 Å². The summed E-state index contributed by atoms with van der Waals surface area (Å²) in [7, 11) is 0. The van der Waals surface area contributed by atoms with E-state index in [0.29, 0.717) is 6.08 Å². The quantitative estimate of drug-likeness (QED) is 0.420. The van der Waals surface area contributed by atoms with E-state index in [9.17, 15) is 22.8 Å². The predicted molar refractivity (Wildman–Crippen MR) is 126 cm³/mol. The molecule has 1 unspecified atom stereocenters. The monoisotopic (exact) mass is 490 g/mol. The standard InChI is InChI=1S/C24H22ClF3N4O2/c1-14-11-15(2)32(31-14)16(3)23(34)30-21-10-9-18(12-20(21)25)29-22(33)13-19(24(26,27)28)17-7-5-4-6-8-17/h4-13,16H,1-3H3,(H,29,33)(H,30,34)/b19-13-. The molecule has 0 fully saturated rings. The molecule has 2 aromatic carbocycles. The first-order valence-corrected chi connectivity index (χ1v) is 10.6. The van der Waals surface area contributed by atoms with E-state index in [1.807, 2.05) is 19.9 Å². The summed E-state index contributed by atoms with van der Waals surface area (Å²) in [6.07, 6.45) is -4.22. The maximum Gasteiger partial charge on any atom is 0.417 e. The minimum atomic E-state index is -4.72. The van der Waals surface area contributed by atoms with E-state index < -0.39 is 23.7 Å². The number of rotatable bonds is 6. The van der Waals surface area contributed by atoms with Crippen molar-refractivity contribution in [1.82, 2.24) is 9.78 Å². The van der Waals surface area contributed by atoms with Gasteiger partial charge in [-0.25, -0.2) is 0 Å². The van der Waals surface area contributed by atoms with Crippen LogP contribution in [0.2, 0.25) is 5.02 Å². The van der Waals surface area contributed by atoms with Crippen LogP contribution in [0.4, 0.5) is 24.5 Å². The number of hydrogen-bond acceptors (Lipinski definition) is 3. The molecule has 2 amide bonds. The van der Waals surface area contributed by atoms with Crippen LogP contribution < -0.4 is 10.6 Å². The number of nitrogens with one attached hydrogen (secondary N) is 2.